The Hall–Kier alpha value is -0.450. The summed E-state index contributed by atoms with van der Waals surface area (Å²) in [7, 11) is 0. The van der Waals surface area contributed by atoms with Gasteiger partial charge in [-0.3, -0.25) is 0 Å². The van der Waals surface area contributed by atoms with Crippen LogP contribution in [0.3, 0.4) is 0 Å². The zero-order valence-corrected chi connectivity index (χ0v) is 6.82. The van der Waals surface area contributed by atoms with E-state index in [4.69, 9.17) is 0 Å². The van der Waals surface area contributed by atoms with Crippen molar-refractivity contribution in [2.24, 2.45) is 8.44 Å². The summed E-state index contributed by atoms with van der Waals surface area (Å²) in [5.41, 5.74) is 0.895. The van der Waals surface area contributed by atoms with Crippen LogP contribution < -0.4 is 0 Å². The molecule has 0 saturated carbocycles. The molecule has 1 aromatic carbocycles. The molecule has 0 aliphatic rings. The molecular weight excluding hydrogens is 227 g/mol. The molecule has 0 aromatic heterocycles. The van der Waals surface area contributed by atoms with Gasteiger partial charge in [-0.2, -0.15) is 0 Å². The molecule has 0 aliphatic heterocycles. The lowest BCUT2D eigenvalue weighted by Gasteiger charge is -1.84. The Kier molecular flexibility index (Phi) is 2.63. The molecule has 9 heavy (non-hydrogen) atoms. The number of hydrogen-bond donors (Lipinski definition) is 0. The minimum atomic E-state index is 0.895. The van der Waals surface area contributed by atoms with E-state index in [0.29, 0.717) is 0 Å². The standard InChI is InChI=1S/C6H5IN2/c7-9-8-6-4-2-1-3-5-6/h1-5H/b9-8+. The highest BCUT2D eigenvalue weighted by atomic mass is 127. The lowest BCUT2D eigenvalue weighted by molar-refractivity contribution is 1.37. The molecule has 46 valence electrons. The summed E-state index contributed by atoms with van der Waals surface area (Å²) in [6.07, 6.45) is 0. The van der Waals surface area contributed by atoms with Crippen LogP contribution in [0.2, 0.25) is 0 Å². The van der Waals surface area contributed by atoms with Gasteiger partial charge < -0.3 is 0 Å². The fraction of sp³-hybridized carbons (Fsp3) is 0. The highest BCUT2D eigenvalue weighted by Crippen LogP contribution is 2.10. The number of rotatable bonds is 1. The predicted octanol–water partition coefficient (Wildman–Crippen LogP) is 3.12. The van der Waals surface area contributed by atoms with Crippen molar-refractivity contribution >= 4 is 28.6 Å². The van der Waals surface area contributed by atoms with Gasteiger partial charge in [-0.15, -0.1) is 8.44 Å². The second kappa shape index (κ2) is 3.55. The van der Waals surface area contributed by atoms with Gasteiger partial charge in [0.05, 0.1) is 5.69 Å². The first-order valence-corrected chi connectivity index (χ1v) is 3.47. The topological polar surface area (TPSA) is 24.7 Å². The smallest absolute Gasteiger partial charge is 0.111 e. The molecule has 0 fully saturated rings. The molecule has 0 saturated heterocycles. The van der Waals surface area contributed by atoms with Crippen LogP contribution in [-0.2, 0) is 0 Å². The van der Waals surface area contributed by atoms with Crippen LogP contribution in [0, 0.1) is 0 Å². The summed E-state index contributed by atoms with van der Waals surface area (Å²) in [6, 6.07) is 9.62. The van der Waals surface area contributed by atoms with Crippen LogP contribution >= 0.6 is 22.9 Å². The molecule has 0 amide bonds. The monoisotopic (exact) mass is 232 g/mol. The third-order valence-electron chi connectivity index (χ3n) is 0.909. The van der Waals surface area contributed by atoms with Gasteiger partial charge in [0.2, 0.25) is 0 Å². The summed E-state index contributed by atoms with van der Waals surface area (Å²) >= 11 is 1.85. The number of halogens is 1. The molecule has 0 heterocycles. The molecule has 0 radical (unpaired) electrons. The third kappa shape index (κ3) is 2.09. The van der Waals surface area contributed by atoms with Crippen molar-refractivity contribution in [2.45, 2.75) is 0 Å². The van der Waals surface area contributed by atoms with Crippen LogP contribution in [0.4, 0.5) is 5.69 Å². The Balaban J connectivity index is 2.85. The molecule has 3 heteroatoms. The predicted molar refractivity (Wildman–Crippen MR) is 45.0 cm³/mol. The van der Waals surface area contributed by atoms with Crippen molar-refractivity contribution in [1.29, 1.82) is 0 Å². The first kappa shape index (κ1) is 6.67. The van der Waals surface area contributed by atoms with Crippen molar-refractivity contribution in [3.8, 4) is 0 Å². The lowest BCUT2D eigenvalue weighted by atomic mass is 10.3. The molecule has 0 atom stereocenters. The summed E-state index contributed by atoms with van der Waals surface area (Å²) in [5.74, 6) is 0. The van der Waals surface area contributed by atoms with Gasteiger partial charge in [0.1, 0.15) is 22.9 Å². The number of nitrogens with zero attached hydrogens (tertiary/aromatic N) is 2. The van der Waals surface area contributed by atoms with Gasteiger partial charge in [0.15, 0.2) is 0 Å². The zero-order chi connectivity index (χ0) is 6.53. The molecule has 0 unspecified atom stereocenters. The van der Waals surface area contributed by atoms with E-state index in [0.717, 1.165) is 5.69 Å². The third-order valence-corrected chi connectivity index (χ3v) is 1.13. The summed E-state index contributed by atoms with van der Waals surface area (Å²) in [4.78, 5) is 0. The van der Waals surface area contributed by atoms with Gasteiger partial charge in [-0.1, -0.05) is 18.2 Å². The molecular formula is C6H5IN2. The fourth-order valence-electron chi connectivity index (χ4n) is 0.538. The minimum absolute atomic E-state index is 0.895. The highest BCUT2D eigenvalue weighted by molar-refractivity contribution is 14.1. The van der Waals surface area contributed by atoms with Crippen molar-refractivity contribution in [1.82, 2.24) is 0 Å². The van der Waals surface area contributed by atoms with E-state index in [2.05, 4.69) is 8.44 Å². The highest BCUT2D eigenvalue weighted by Gasteiger charge is 1.80. The van der Waals surface area contributed by atoms with E-state index in [1.54, 1.807) is 0 Å². The first-order chi connectivity index (χ1) is 4.43. The van der Waals surface area contributed by atoms with E-state index in [9.17, 15) is 0 Å². The van der Waals surface area contributed by atoms with Crippen LogP contribution in [-0.4, -0.2) is 0 Å². The van der Waals surface area contributed by atoms with Gasteiger partial charge in [0.25, 0.3) is 0 Å². The Morgan fingerprint density at radius 1 is 1.11 bits per heavy atom. The quantitative estimate of drug-likeness (QED) is 0.525. The second-order valence-corrected chi connectivity index (χ2v) is 1.94. The van der Waals surface area contributed by atoms with Crippen molar-refractivity contribution < 1.29 is 0 Å². The van der Waals surface area contributed by atoms with E-state index in [-0.39, 0.29) is 0 Å². The van der Waals surface area contributed by atoms with Crippen molar-refractivity contribution in [2.75, 3.05) is 0 Å². The summed E-state index contributed by atoms with van der Waals surface area (Å²) in [6.45, 7) is 0. The van der Waals surface area contributed by atoms with Crippen LogP contribution in [0.15, 0.2) is 38.8 Å². The SMILES string of the molecule is I/N=N/c1ccccc1. The van der Waals surface area contributed by atoms with Gasteiger partial charge in [-0.25, -0.2) is 0 Å². The van der Waals surface area contributed by atoms with Gasteiger partial charge in [0, 0.05) is 0 Å². The maximum Gasteiger partial charge on any atom is 0.111 e. The van der Waals surface area contributed by atoms with Crippen molar-refractivity contribution in [3.63, 3.8) is 0 Å². The maximum absolute atomic E-state index is 3.82. The average Bonchev–Trinajstić information content (AvgIpc) is 1.91. The zero-order valence-electron chi connectivity index (χ0n) is 4.66. The normalized spacial score (nSPS) is 10.3. The Morgan fingerprint density at radius 3 is 2.33 bits per heavy atom. The Bertz CT molecular complexity index is 195. The molecule has 1 rings (SSSR count). The molecule has 1 aromatic rings. The van der Waals surface area contributed by atoms with E-state index >= 15 is 0 Å². The van der Waals surface area contributed by atoms with Crippen LogP contribution in [0.25, 0.3) is 0 Å². The van der Waals surface area contributed by atoms with Crippen LogP contribution in [0.5, 0.6) is 0 Å². The molecule has 2 nitrogen and oxygen atoms in total. The molecule has 0 aliphatic carbocycles. The fourth-order valence-corrected chi connectivity index (χ4v) is 0.787. The van der Waals surface area contributed by atoms with Crippen LogP contribution in [0.1, 0.15) is 0 Å². The molecule has 0 spiro atoms. The molecule has 0 N–H and O–H groups in total. The minimum Gasteiger partial charge on any atom is -0.145 e. The Labute approximate surface area is 67.5 Å². The Morgan fingerprint density at radius 2 is 1.78 bits per heavy atom. The average molecular weight is 232 g/mol. The number of benzene rings is 1. The lowest BCUT2D eigenvalue weighted by Crippen LogP contribution is -1.57. The largest absolute Gasteiger partial charge is 0.145 e. The second-order valence-electron chi connectivity index (χ2n) is 1.51. The van der Waals surface area contributed by atoms with Gasteiger partial charge in [-0.05, 0) is 12.1 Å². The van der Waals surface area contributed by atoms with E-state index in [1.807, 2.05) is 53.2 Å². The first-order valence-electron chi connectivity index (χ1n) is 2.50. The summed E-state index contributed by atoms with van der Waals surface area (Å²) < 4.78 is 3.60. The number of hydrogen-bond acceptors (Lipinski definition) is 2. The van der Waals surface area contributed by atoms with Crippen molar-refractivity contribution in [3.05, 3.63) is 30.3 Å². The van der Waals surface area contributed by atoms with E-state index < -0.39 is 0 Å². The van der Waals surface area contributed by atoms with Gasteiger partial charge >= 0.3 is 0 Å². The summed E-state index contributed by atoms with van der Waals surface area (Å²) in [5, 5.41) is 3.82. The molecule has 0 bridgehead atoms. The maximum atomic E-state index is 3.82. The van der Waals surface area contributed by atoms with E-state index in [1.165, 1.54) is 0 Å².